The van der Waals surface area contributed by atoms with E-state index in [1.165, 1.54) is 13.3 Å². The Balaban J connectivity index is 2.76. The average molecular weight is 270 g/mol. The number of carboxylic acids is 1. The molecule has 1 fully saturated rings. The van der Waals surface area contributed by atoms with Crippen molar-refractivity contribution in [3.63, 3.8) is 0 Å². The van der Waals surface area contributed by atoms with Crippen LogP contribution in [-0.4, -0.2) is 46.6 Å². The normalized spacial score (nSPS) is 23.9. The summed E-state index contributed by atoms with van der Waals surface area (Å²) in [6.45, 7) is 8.58. The van der Waals surface area contributed by atoms with Gasteiger partial charge in [0.25, 0.3) is 0 Å². The van der Waals surface area contributed by atoms with Crippen molar-refractivity contribution in [3.8, 4) is 0 Å². The summed E-state index contributed by atoms with van der Waals surface area (Å²) in [5.74, 6) is -0.997. The molecule has 0 bridgehead atoms. The van der Waals surface area contributed by atoms with Gasteiger partial charge in [-0.15, -0.1) is 0 Å². The Labute approximate surface area is 115 Å². The highest BCUT2D eigenvalue weighted by atomic mass is 16.4. The number of carbonyl (C=O) groups is 2. The maximum atomic E-state index is 12.3. The van der Waals surface area contributed by atoms with E-state index in [-0.39, 0.29) is 17.9 Å². The summed E-state index contributed by atoms with van der Waals surface area (Å²) in [6, 6.07) is -0.696. The van der Waals surface area contributed by atoms with E-state index in [1.807, 2.05) is 13.8 Å². The second-order valence-corrected chi connectivity index (χ2v) is 5.84. The highest BCUT2D eigenvalue weighted by molar-refractivity contribution is 5.86. The fraction of sp³-hybridized carbons (Fsp3) is 0.857. The van der Waals surface area contributed by atoms with Crippen LogP contribution in [0.5, 0.6) is 0 Å². The van der Waals surface area contributed by atoms with Gasteiger partial charge in [-0.2, -0.15) is 0 Å². The third kappa shape index (κ3) is 4.20. The van der Waals surface area contributed by atoms with E-state index in [0.29, 0.717) is 6.04 Å². The molecule has 5 heteroatoms. The lowest BCUT2D eigenvalue weighted by Crippen LogP contribution is -2.56. The monoisotopic (exact) mass is 270 g/mol. The number of aliphatic carboxylic acids is 1. The highest BCUT2D eigenvalue weighted by Crippen LogP contribution is 2.23. The Morgan fingerprint density at radius 1 is 1.26 bits per heavy atom. The molecular weight excluding hydrogens is 244 g/mol. The number of nitrogens with zero attached hydrogens (tertiary/aromatic N) is 1. The van der Waals surface area contributed by atoms with Gasteiger partial charge in [0.1, 0.15) is 6.04 Å². The molecule has 0 aromatic rings. The second kappa shape index (κ2) is 6.89. The number of piperidine rings is 1. The summed E-state index contributed by atoms with van der Waals surface area (Å²) >= 11 is 0. The Morgan fingerprint density at radius 2 is 1.89 bits per heavy atom. The van der Waals surface area contributed by atoms with Crippen molar-refractivity contribution in [1.82, 2.24) is 10.2 Å². The average Bonchev–Trinajstić information content (AvgIpc) is 2.31. The lowest BCUT2D eigenvalue weighted by Gasteiger charge is -2.40. The van der Waals surface area contributed by atoms with E-state index in [2.05, 4.69) is 17.1 Å². The van der Waals surface area contributed by atoms with E-state index in [4.69, 9.17) is 5.11 Å². The van der Waals surface area contributed by atoms with Crippen molar-refractivity contribution < 1.29 is 14.7 Å². The van der Waals surface area contributed by atoms with Gasteiger partial charge in [0.05, 0.1) is 6.04 Å². The zero-order valence-electron chi connectivity index (χ0n) is 12.3. The van der Waals surface area contributed by atoms with Crippen LogP contribution in [-0.2, 0) is 9.59 Å². The zero-order chi connectivity index (χ0) is 14.6. The molecule has 1 heterocycles. The fourth-order valence-electron chi connectivity index (χ4n) is 2.73. The van der Waals surface area contributed by atoms with Crippen molar-refractivity contribution in [2.45, 2.75) is 65.1 Å². The maximum Gasteiger partial charge on any atom is 0.325 e. The SMILES string of the molecule is CC(NC(=O)C(C(C)C)N1CCCCC1C)C(=O)O. The van der Waals surface area contributed by atoms with E-state index >= 15 is 0 Å². The number of carbonyl (C=O) groups excluding carboxylic acids is 1. The minimum absolute atomic E-state index is 0.168. The van der Waals surface area contributed by atoms with E-state index < -0.39 is 12.0 Å². The van der Waals surface area contributed by atoms with Crippen molar-refractivity contribution in [2.75, 3.05) is 6.54 Å². The summed E-state index contributed by atoms with van der Waals surface area (Å²) in [6.07, 6.45) is 3.41. The molecule has 1 saturated heterocycles. The van der Waals surface area contributed by atoms with Crippen molar-refractivity contribution >= 4 is 11.9 Å². The summed E-state index contributed by atoms with van der Waals surface area (Å²) in [4.78, 5) is 25.4. The number of amides is 1. The van der Waals surface area contributed by atoms with Crippen LogP contribution in [0.15, 0.2) is 0 Å². The molecule has 1 amide bonds. The molecule has 2 N–H and O–H groups in total. The van der Waals surface area contributed by atoms with Gasteiger partial charge in [-0.25, -0.2) is 0 Å². The van der Waals surface area contributed by atoms with Crippen molar-refractivity contribution in [3.05, 3.63) is 0 Å². The predicted molar refractivity (Wildman–Crippen MR) is 73.9 cm³/mol. The molecule has 0 spiro atoms. The van der Waals surface area contributed by atoms with E-state index in [9.17, 15) is 9.59 Å². The zero-order valence-corrected chi connectivity index (χ0v) is 12.3. The number of carboxylic acid groups (broad SMARTS) is 1. The Morgan fingerprint density at radius 3 is 2.37 bits per heavy atom. The quantitative estimate of drug-likeness (QED) is 0.794. The lowest BCUT2D eigenvalue weighted by atomic mass is 9.94. The molecular formula is C14H26N2O3. The van der Waals surface area contributed by atoms with E-state index in [0.717, 1.165) is 19.4 Å². The largest absolute Gasteiger partial charge is 0.480 e. The Bertz CT molecular complexity index is 331. The smallest absolute Gasteiger partial charge is 0.325 e. The third-order valence-electron chi connectivity index (χ3n) is 3.84. The lowest BCUT2D eigenvalue weighted by molar-refractivity contribution is -0.143. The van der Waals surface area contributed by atoms with Crippen LogP contribution in [0.1, 0.15) is 47.0 Å². The second-order valence-electron chi connectivity index (χ2n) is 5.84. The number of hydrogen-bond donors (Lipinski definition) is 2. The summed E-state index contributed by atoms with van der Waals surface area (Å²) in [7, 11) is 0. The molecule has 19 heavy (non-hydrogen) atoms. The molecule has 3 unspecified atom stereocenters. The maximum absolute atomic E-state index is 12.3. The minimum Gasteiger partial charge on any atom is -0.480 e. The van der Waals surface area contributed by atoms with Gasteiger partial charge in [-0.3, -0.25) is 14.5 Å². The molecule has 1 rings (SSSR count). The molecule has 0 aliphatic carbocycles. The number of rotatable bonds is 5. The predicted octanol–water partition coefficient (Wildman–Crippen LogP) is 1.47. The van der Waals surface area contributed by atoms with Gasteiger partial charge in [0, 0.05) is 6.04 Å². The molecule has 0 aromatic carbocycles. The van der Waals surface area contributed by atoms with Crippen LogP contribution in [0.4, 0.5) is 0 Å². The minimum atomic E-state index is -0.998. The number of hydrogen-bond acceptors (Lipinski definition) is 3. The first kappa shape index (κ1) is 16.0. The topological polar surface area (TPSA) is 69.6 Å². The van der Waals surface area contributed by atoms with Crippen LogP contribution in [0.2, 0.25) is 0 Å². The molecule has 0 saturated carbocycles. The van der Waals surface area contributed by atoms with Gasteiger partial charge in [-0.1, -0.05) is 20.3 Å². The number of nitrogens with one attached hydrogen (secondary N) is 1. The summed E-state index contributed by atoms with van der Waals surface area (Å²) in [5, 5.41) is 11.5. The van der Waals surface area contributed by atoms with Crippen molar-refractivity contribution in [1.29, 1.82) is 0 Å². The third-order valence-corrected chi connectivity index (χ3v) is 3.84. The standard InChI is InChI=1S/C14H26N2O3/c1-9(2)12(13(17)15-11(4)14(18)19)16-8-6-5-7-10(16)3/h9-12H,5-8H2,1-4H3,(H,15,17)(H,18,19). The van der Waals surface area contributed by atoms with Crippen LogP contribution in [0, 0.1) is 5.92 Å². The summed E-state index contributed by atoms with van der Waals surface area (Å²) < 4.78 is 0. The van der Waals surface area contributed by atoms with Gasteiger partial charge in [0.2, 0.25) is 5.91 Å². The first-order valence-corrected chi connectivity index (χ1v) is 7.13. The highest BCUT2D eigenvalue weighted by Gasteiger charge is 2.34. The fourth-order valence-corrected chi connectivity index (χ4v) is 2.73. The molecule has 1 aliphatic heterocycles. The first-order valence-electron chi connectivity index (χ1n) is 7.13. The Hall–Kier alpha value is -1.10. The molecule has 1 aliphatic rings. The first-order chi connectivity index (χ1) is 8.84. The molecule has 0 radical (unpaired) electrons. The Kier molecular flexibility index (Phi) is 5.79. The van der Waals surface area contributed by atoms with Gasteiger partial charge < -0.3 is 10.4 Å². The summed E-state index contributed by atoms with van der Waals surface area (Å²) in [5.41, 5.74) is 0. The molecule has 3 atom stereocenters. The van der Waals surface area contributed by atoms with Crippen LogP contribution in [0.3, 0.4) is 0 Å². The number of likely N-dealkylation sites (tertiary alicyclic amines) is 1. The van der Waals surface area contributed by atoms with Gasteiger partial charge >= 0.3 is 5.97 Å². The molecule has 5 nitrogen and oxygen atoms in total. The van der Waals surface area contributed by atoms with Crippen LogP contribution >= 0.6 is 0 Å². The molecule has 0 aromatic heterocycles. The van der Waals surface area contributed by atoms with Crippen molar-refractivity contribution in [2.24, 2.45) is 5.92 Å². The molecule has 110 valence electrons. The van der Waals surface area contributed by atoms with Crippen LogP contribution in [0.25, 0.3) is 0 Å². The van der Waals surface area contributed by atoms with Gasteiger partial charge in [0.15, 0.2) is 0 Å². The van der Waals surface area contributed by atoms with Gasteiger partial charge in [-0.05, 0) is 39.2 Å². The van der Waals surface area contributed by atoms with E-state index in [1.54, 1.807) is 0 Å². The van der Waals surface area contributed by atoms with Crippen LogP contribution < -0.4 is 5.32 Å².